The fourth-order valence-electron chi connectivity index (χ4n) is 2.80. The van der Waals surface area contributed by atoms with Crippen LogP contribution in [0.15, 0.2) is 24.5 Å². The van der Waals surface area contributed by atoms with Crippen molar-refractivity contribution in [2.45, 2.75) is 32.2 Å². The van der Waals surface area contributed by atoms with Crippen LogP contribution in [0.4, 0.5) is 0 Å². The van der Waals surface area contributed by atoms with Crippen LogP contribution in [0.1, 0.15) is 25.7 Å². The maximum Gasteiger partial charge on any atom is 0.311 e. The van der Waals surface area contributed by atoms with Crippen molar-refractivity contribution < 1.29 is 9.90 Å². The number of carboxylic acids is 1. The fourth-order valence-corrected chi connectivity index (χ4v) is 2.80. The van der Waals surface area contributed by atoms with E-state index in [2.05, 4.69) is 20.5 Å². The van der Waals surface area contributed by atoms with Gasteiger partial charge in [-0.2, -0.15) is 0 Å². The second kappa shape index (κ2) is 4.99. The number of pyridine rings is 1. The largest absolute Gasteiger partial charge is 0.481 e. The van der Waals surface area contributed by atoms with E-state index >= 15 is 0 Å². The molecule has 1 aliphatic rings. The van der Waals surface area contributed by atoms with Crippen molar-refractivity contribution in [3.63, 3.8) is 0 Å². The number of nitrogens with zero attached hydrogens (tertiary/aromatic N) is 5. The molecule has 1 aliphatic carbocycles. The Morgan fingerprint density at radius 2 is 2.00 bits per heavy atom. The topological polar surface area (TPSA) is 93.8 Å². The van der Waals surface area contributed by atoms with E-state index in [4.69, 9.17) is 0 Å². The van der Waals surface area contributed by atoms with Crippen LogP contribution in [0.5, 0.6) is 0 Å². The average molecular weight is 273 g/mol. The highest BCUT2D eigenvalue weighted by molar-refractivity contribution is 5.75. The minimum atomic E-state index is -0.758. The van der Waals surface area contributed by atoms with Crippen molar-refractivity contribution in [1.29, 1.82) is 0 Å². The summed E-state index contributed by atoms with van der Waals surface area (Å²) in [6.45, 7) is 0.312. The summed E-state index contributed by atoms with van der Waals surface area (Å²) in [6, 6.07) is 3.62. The van der Waals surface area contributed by atoms with Crippen molar-refractivity contribution in [2.75, 3.05) is 0 Å². The summed E-state index contributed by atoms with van der Waals surface area (Å²) in [4.78, 5) is 15.6. The Kier molecular flexibility index (Phi) is 3.17. The molecular formula is C13H15N5O2. The minimum absolute atomic E-state index is 0.312. The van der Waals surface area contributed by atoms with Gasteiger partial charge in [0.2, 0.25) is 0 Å². The van der Waals surface area contributed by atoms with Crippen LogP contribution >= 0.6 is 0 Å². The van der Waals surface area contributed by atoms with E-state index in [0.717, 1.165) is 18.4 Å². The van der Waals surface area contributed by atoms with Gasteiger partial charge in [-0.3, -0.25) is 9.78 Å². The number of tetrazole rings is 1. The van der Waals surface area contributed by atoms with E-state index < -0.39 is 11.4 Å². The van der Waals surface area contributed by atoms with Crippen molar-refractivity contribution in [1.82, 2.24) is 25.2 Å². The summed E-state index contributed by atoms with van der Waals surface area (Å²) in [5.74, 6) is -0.175. The van der Waals surface area contributed by atoms with E-state index in [1.807, 2.05) is 12.1 Å². The standard InChI is InChI=1S/C13H15N5O2/c19-12(20)13(5-1-2-6-13)9-18-11(15-16-17-18)10-3-7-14-8-4-10/h3-4,7-8H,1-2,5-6,9H2,(H,19,20). The van der Waals surface area contributed by atoms with Crippen LogP contribution in [0.2, 0.25) is 0 Å². The van der Waals surface area contributed by atoms with Crippen molar-refractivity contribution in [3.8, 4) is 11.4 Å². The zero-order valence-electron chi connectivity index (χ0n) is 10.9. The number of hydrogen-bond donors (Lipinski definition) is 1. The number of rotatable bonds is 4. The summed E-state index contributed by atoms with van der Waals surface area (Å²) in [5, 5.41) is 21.2. The van der Waals surface area contributed by atoms with Crippen LogP contribution in [-0.4, -0.2) is 36.3 Å². The molecule has 0 aliphatic heterocycles. The van der Waals surface area contributed by atoms with Gasteiger partial charge in [0.25, 0.3) is 0 Å². The highest BCUT2D eigenvalue weighted by atomic mass is 16.4. The van der Waals surface area contributed by atoms with E-state index in [-0.39, 0.29) is 0 Å². The molecule has 0 radical (unpaired) electrons. The molecule has 20 heavy (non-hydrogen) atoms. The van der Waals surface area contributed by atoms with Gasteiger partial charge in [0, 0.05) is 18.0 Å². The van der Waals surface area contributed by atoms with Gasteiger partial charge in [-0.15, -0.1) is 5.10 Å². The molecule has 7 nitrogen and oxygen atoms in total. The normalized spacial score (nSPS) is 17.2. The molecule has 2 heterocycles. The molecule has 0 aromatic carbocycles. The zero-order valence-corrected chi connectivity index (χ0v) is 10.9. The molecule has 1 N–H and O–H groups in total. The number of carboxylic acid groups (broad SMARTS) is 1. The first-order valence-corrected chi connectivity index (χ1v) is 6.61. The molecule has 1 fully saturated rings. The number of carbonyl (C=O) groups is 1. The van der Waals surface area contributed by atoms with Gasteiger partial charge < -0.3 is 5.11 Å². The average Bonchev–Trinajstić information content (AvgIpc) is 3.10. The number of hydrogen-bond acceptors (Lipinski definition) is 5. The van der Waals surface area contributed by atoms with E-state index in [0.29, 0.717) is 25.2 Å². The molecule has 0 amide bonds. The Balaban J connectivity index is 1.93. The van der Waals surface area contributed by atoms with Gasteiger partial charge in [0.05, 0.1) is 12.0 Å². The lowest BCUT2D eigenvalue weighted by atomic mass is 9.86. The highest BCUT2D eigenvalue weighted by Gasteiger charge is 2.42. The smallest absolute Gasteiger partial charge is 0.311 e. The van der Waals surface area contributed by atoms with Crippen LogP contribution < -0.4 is 0 Å². The first kappa shape index (κ1) is 12.7. The quantitative estimate of drug-likeness (QED) is 0.904. The maximum atomic E-state index is 11.6. The first-order chi connectivity index (χ1) is 9.71. The lowest BCUT2D eigenvalue weighted by Crippen LogP contribution is -2.33. The van der Waals surface area contributed by atoms with E-state index in [1.165, 1.54) is 0 Å². The van der Waals surface area contributed by atoms with Gasteiger partial charge in [0.15, 0.2) is 5.82 Å². The molecule has 3 rings (SSSR count). The lowest BCUT2D eigenvalue weighted by molar-refractivity contribution is -0.149. The zero-order chi connectivity index (χ0) is 14.0. The third kappa shape index (κ3) is 2.15. The Bertz CT molecular complexity index is 604. The molecule has 7 heteroatoms. The third-order valence-electron chi connectivity index (χ3n) is 3.94. The van der Waals surface area contributed by atoms with Crippen LogP contribution in [-0.2, 0) is 11.3 Å². The van der Waals surface area contributed by atoms with Crippen LogP contribution in [0.25, 0.3) is 11.4 Å². The monoisotopic (exact) mass is 273 g/mol. The Hall–Kier alpha value is -2.31. The Morgan fingerprint density at radius 3 is 2.65 bits per heavy atom. The van der Waals surface area contributed by atoms with E-state index in [1.54, 1.807) is 17.1 Å². The molecule has 104 valence electrons. The summed E-state index contributed by atoms with van der Waals surface area (Å²) in [6.07, 6.45) is 6.57. The summed E-state index contributed by atoms with van der Waals surface area (Å²) in [7, 11) is 0. The summed E-state index contributed by atoms with van der Waals surface area (Å²) < 4.78 is 1.59. The predicted molar refractivity (Wildman–Crippen MR) is 69.6 cm³/mol. The molecule has 2 aromatic rings. The molecular weight excluding hydrogens is 258 g/mol. The van der Waals surface area contributed by atoms with Gasteiger partial charge in [-0.25, -0.2) is 4.68 Å². The van der Waals surface area contributed by atoms with Crippen molar-refractivity contribution >= 4 is 5.97 Å². The second-order valence-electron chi connectivity index (χ2n) is 5.19. The molecule has 0 saturated heterocycles. The molecule has 0 spiro atoms. The van der Waals surface area contributed by atoms with Crippen molar-refractivity contribution in [2.24, 2.45) is 5.41 Å². The van der Waals surface area contributed by atoms with Gasteiger partial charge in [-0.1, -0.05) is 12.8 Å². The predicted octanol–water partition coefficient (Wildman–Crippen LogP) is 1.38. The third-order valence-corrected chi connectivity index (χ3v) is 3.94. The Morgan fingerprint density at radius 1 is 1.30 bits per heavy atom. The minimum Gasteiger partial charge on any atom is -0.481 e. The van der Waals surface area contributed by atoms with Crippen LogP contribution in [0, 0.1) is 5.41 Å². The number of aromatic nitrogens is 5. The molecule has 0 unspecified atom stereocenters. The maximum absolute atomic E-state index is 11.6. The van der Waals surface area contributed by atoms with Crippen LogP contribution in [0.3, 0.4) is 0 Å². The fraction of sp³-hybridized carbons (Fsp3) is 0.462. The van der Waals surface area contributed by atoms with Gasteiger partial charge in [-0.05, 0) is 35.4 Å². The van der Waals surface area contributed by atoms with Crippen molar-refractivity contribution in [3.05, 3.63) is 24.5 Å². The second-order valence-corrected chi connectivity index (χ2v) is 5.19. The first-order valence-electron chi connectivity index (χ1n) is 6.61. The van der Waals surface area contributed by atoms with Gasteiger partial charge in [0.1, 0.15) is 0 Å². The van der Waals surface area contributed by atoms with E-state index in [9.17, 15) is 9.90 Å². The summed E-state index contributed by atoms with van der Waals surface area (Å²) >= 11 is 0. The summed E-state index contributed by atoms with van der Waals surface area (Å²) in [5.41, 5.74) is 0.0977. The molecule has 2 aromatic heterocycles. The highest BCUT2D eigenvalue weighted by Crippen LogP contribution is 2.40. The van der Waals surface area contributed by atoms with Gasteiger partial charge >= 0.3 is 5.97 Å². The Labute approximate surface area is 115 Å². The number of aliphatic carboxylic acids is 1. The molecule has 0 bridgehead atoms. The molecule has 1 saturated carbocycles. The lowest BCUT2D eigenvalue weighted by Gasteiger charge is -2.23. The SMILES string of the molecule is O=C(O)C1(Cn2nnnc2-c2ccncc2)CCCC1. The molecule has 0 atom stereocenters.